The van der Waals surface area contributed by atoms with Crippen LogP contribution in [0, 0.1) is 5.92 Å². The zero-order valence-electron chi connectivity index (χ0n) is 8.84. The molecular formula is C8H10F7NO. The molecule has 1 amide bonds. The molecule has 0 aliphatic heterocycles. The molecule has 0 aromatic heterocycles. The van der Waals surface area contributed by atoms with Crippen LogP contribution >= 0.6 is 0 Å². The maximum atomic E-state index is 12.8. The van der Waals surface area contributed by atoms with Gasteiger partial charge in [-0.25, -0.2) is 4.39 Å². The van der Waals surface area contributed by atoms with Gasteiger partial charge in [0.25, 0.3) is 0 Å². The Hall–Kier alpha value is -1.02. The van der Waals surface area contributed by atoms with E-state index < -0.39 is 36.4 Å². The van der Waals surface area contributed by atoms with Gasteiger partial charge in [-0.3, -0.25) is 4.79 Å². The Morgan fingerprint density at radius 2 is 1.35 bits per heavy atom. The first-order chi connectivity index (χ1) is 7.25. The van der Waals surface area contributed by atoms with E-state index in [-0.39, 0.29) is 0 Å². The fraction of sp³-hybridized carbons (Fsp3) is 0.875. The minimum Gasteiger partial charge on any atom is -0.352 e. The van der Waals surface area contributed by atoms with Crippen molar-refractivity contribution >= 4 is 5.91 Å². The molecule has 0 bridgehead atoms. The monoisotopic (exact) mass is 269 g/mol. The molecule has 0 aromatic carbocycles. The van der Waals surface area contributed by atoms with Crippen LogP contribution in [-0.4, -0.2) is 30.5 Å². The lowest BCUT2D eigenvalue weighted by Crippen LogP contribution is -2.50. The van der Waals surface area contributed by atoms with Crippen molar-refractivity contribution < 1.29 is 35.5 Å². The highest BCUT2D eigenvalue weighted by Crippen LogP contribution is 2.39. The molecule has 0 aromatic rings. The molecule has 0 radical (unpaired) electrons. The largest absolute Gasteiger partial charge is 0.409 e. The third kappa shape index (κ3) is 5.73. The van der Waals surface area contributed by atoms with E-state index in [4.69, 9.17) is 0 Å². The molecule has 0 heterocycles. The normalized spacial score (nSPS) is 14.0. The molecule has 0 unspecified atom stereocenters. The first kappa shape index (κ1) is 16.0. The Bertz CT molecular complexity index is 261. The minimum atomic E-state index is -5.76. The molecule has 1 N–H and O–H groups in total. The first-order valence-corrected chi connectivity index (χ1v) is 4.35. The van der Waals surface area contributed by atoms with Gasteiger partial charge in [0.15, 0.2) is 0 Å². The summed E-state index contributed by atoms with van der Waals surface area (Å²) in [6.07, 6.45) is -11.5. The van der Waals surface area contributed by atoms with Crippen molar-refractivity contribution in [2.24, 2.45) is 5.92 Å². The molecule has 102 valence electrons. The number of amides is 1. The van der Waals surface area contributed by atoms with Crippen LogP contribution in [-0.2, 0) is 4.79 Å². The van der Waals surface area contributed by atoms with Crippen molar-refractivity contribution in [3.8, 4) is 0 Å². The standard InChI is InChI=1S/C8H10F7NO/c1-6(2,9)3-16-5(17)4(7(10,11)12)8(13,14)15/h4H,3H2,1-2H3,(H,16,17). The number of alkyl halides is 7. The van der Waals surface area contributed by atoms with Gasteiger partial charge in [0.2, 0.25) is 11.8 Å². The highest BCUT2D eigenvalue weighted by atomic mass is 19.4. The van der Waals surface area contributed by atoms with E-state index in [1.165, 1.54) is 5.32 Å². The van der Waals surface area contributed by atoms with E-state index in [0.29, 0.717) is 0 Å². The van der Waals surface area contributed by atoms with Gasteiger partial charge < -0.3 is 5.32 Å². The van der Waals surface area contributed by atoms with Gasteiger partial charge in [-0.15, -0.1) is 0 Å². The fourth-order valence-corrected chi connectivity index (χ4v) is 0.882. The van der Waals surface area contributed by atoms with Crippen molar-refractivity contribution in [2.45, 2.75) is 31.9 Å². The highest BCUT2D eigenvalue weighted by molar-refractivity contribution is 5.80. The smallest absolute Gasteiger partial charge is 0.352 e. The van der Waals surface area contributed by atoms with Crippen molar-refractivity contribution in [3.63, 3.8) is 0 Å². The predicted molar refractivity (Wildman–Crippen MR) is 43.8 cm³/mol. The van der Waals surface area contributed by atoms with Crippen LogP contribution in [0.4, 0.5) is 30.7 Å². The number of rotatable bonds is 3. The quantitative estimate of drug-likeness (QED) is 0.784. The Balaban J connectivity index is 4.81. The number of hydrogen-bond acceptors (Lipinski definition) is 1. The van der Waals surface area contributed by atoms with Crippen LogP contribution in [0.2, 0.25) is 0 Å². The zero-order valence-corrected chi connectivity index (χ0v) is 8.84. The summed E-state index contributed by atoms with van der Waals surface area (Å²) >= 11 is 0. The third-order valence-electron chi connectivity index (χ3n) is 1.60. The van der Waals surface area contributed by atoms with Crippen molar-refractivity contribution in [1.82, 2.24) is 5.32 Å². The summed E-state index contributed by atoms with van der Waals surface area (Å²) in [6, 6.07) is 0. The topological polar surface area (TPSA) is 29.1 Å². The van der Waals surface area contributed by atoms with E-state index in [2.05, 4.69) is 0 Å². The number of nitrogens with one attached hydrogen (secondary N) is 1. The van der Waals surface area contributed by atoms with E-state index in [0.717, 1.165) is 13.8 Å². The third-order valence-corrected chi connectivity index (χ3v) is 1.60. The maximum absolute atomic E-state index is 12.8. The van der Waals surface area contributed by atoms with Crippen LogP contribution in [0.5, 0.6) is 0 Å². The summed E-state index contributed by atoms with van der Waals surface area (Å²) < 4.78 is 84.9. The molecular weight excluding hydrogens is 259 g/mol. The molecule has 0 spiro atoms. The van der Waals surface area contributed by atoms with Crippen LogP contribution in [0.25, 0.3) is 0 Å². The van der Waals surface area contributed by atoms with E-state index in [1.807, 2.05) is 0 Å². The number of carbonyl (C=O) groups is 1. The Kier molecular flexibility index (Phi) is 4.41. The van der Waals surface area contributed by atoms with E-state index in [1.54, 1.807) is 0 Å². The fourth-order valence-electron chi connectivity index (χ4n) is 0.882. The summed E-state index contributed by atoms with van der Waals surface area (Å²) in [5.74, 6) is -6.45. The SMILES string of the molecule is CC(C)(F)CNC(=O)C(C(F)(F)F)C(F)(F)F. The van der Waals surface area contributed by atoms with Crippen LogP contribution in [0.3, 0.4) is 0 Å². The molecule has 0 fully saturated rings. The second-order valence-electron chi connectivity index (χ2n) is 3.95. The molecule has 9 heteroatoms. The zero-order chi connectivity index (χ0) is 14.1. The lowest BCUT2D eigenvalue weighted by molar-refractivity contribution is -0.274. The van der Waals surface area contributed by atoms with Crippen molar-refractivity contribution in [1.29, 1.82) is 0 Å². The second kappa shape index (κ2) is 4.69. The molecule has 0 aliphatic carbocycles. The number of halogens is 7. The second-order valence-corrected chi connectivity index (χ2v) is 3.95. The molecule has 17 heavy (non-hydrogen) atoms. The number of hydrogen-bond donors (Lipinski definition) is 1. The van der Waals surface area contributed by atoms with Gasteiger partial charge >= 0.3 is 12.4 Å². The van der Waals surface area contributed by atoms with Gasteiger partial charge in [0.05, 0.1) is 6.54 Å². The summed E-state index contributed by atoms with van der Waals surface area (Å²) in [6.45, 7) is 0.876. The summed E-state index contributed by atoms with van der Waals surface area (Å²) in [4.78, 5) is 10.8. The Morgan fingerprint density at radius 1 is 1.00 bits per heavy atom. The molecule has 0 atom stereocenters. The van der Waals surface area contributed by atoms with Gasteiger partial charge in [-0.05, 0) is 13.8 Å². The summed E-state index contributed by atoms with van der Waals surface area (Å²) in [5, 5.41) is 1.28. The summed E-state index contributed by atoms with van der Waals surface area (Å²) in [5.41, 5.74) is -2.10. The molecule has 0 saturated carbocycles. The number of carbonyl (C=O) groups excluding carboxylic acids is 1. The lowest BCUT2D eigenvalue weighted by Gasteiger charge is -2.23. The maximum Gasteiger partial charge on any atom is 0.409 e. The van der Waals surface area contributed by atoms with Crippen LogP contribution in [0.15, 0.2) is 0 Å². The first-order valence-electron chi connectivity index (χ1n) is 4.35. The summed E-state index contributed by atoms with van der Waals surface area (Å²) in [7, 11) is 0. The lowest BCUT2D eigenvalue weighted by atomic mass is 10.1. The average Bonchev–Trinajstić information content (AvgIpc) is 1.93. The highest BCUT2D eigenvalue weighted by Gasteiger charge is 2.61. The molecule has 2 nitrogen and oxygen atoms in total. The molecule has 0 rings (SSSR count). The van der Waals surface area contributed by atoms with Gasteiger partial charge in [0.1, 0.15) is 5.67 Å². The van der Waals surface area contributed by atoms with Crippen molar-refractivity contribution in [2.75, 3.05) is 6.54 Å². The van der Waals surface area contributed by atoms with Crippen LogP contribution in [0.1, 0.15) is 13.8 Å². The molecule has 0 saturated heterocycles. The van der Waals surface area contributed by atoms with Gasteiger partial charge in [-0.1, -0.05) is 0 Å². The Labute approximate surface area is 92.2 Å². The molecule has 0 aliphatic rings. The minimum absolute atomic E-state index is 0.906. The van der Waals surface area contributed by atoms with Crippen LogP contribution < -0.4 is 5.32 Å². The predicted octanol–water partition coefficient (Wildman–Crippen LogP) is 2.59. The van der Waals surface area contributed by atoms with Gasteiger partial charge in [0, 0.05) is 0 Å². The van der Waals surface area contributed by atoms with E-state index >= 15 is 0 Å². The van der Waals surface area contributed by atoms with E-state index in [9.17, 15) is 35.5 Å². The Morgan fingerprint density at radius 3 is 1.59 bits per heavy atom. The van der Waals surface area contributed by atoms with Gasteiger partial charge in [-0.2, -0.15) is 26.3 Å². The average molecular weight is 269 g/mol. The van der Waals surface area contributed by atoms with Crippen molar-refractivity contribution in [3.05, 3.63) is 0 Å².